The minimum Gasteiger partial charge on any atom is -0.476 e. The lowest BCUT2D eigenvalue weighted by molar-refractivity contribution is 0.0689. The van der Waals surface area contributed by atoms with Gasteiger partial charge in [0.05, 0.1) is 0 Å². The SMILES string of the molecule is CCC(C)CN(C)c1ccc(C(=O)O)nn1. The first-order valence-electron chi connectivity index (χ1n) is 5.32. The van der Waals surface area contributed by atoms with Crippen LogP contribution in [0.15, 0.2) is 12.1 Å². The topological polar surface area (TPSA) is 66.3 Å². The minimum absolute atomic E-state index is 0.0271. The summed E-state index contributed by atoms with van der Waals surface area (Å²) in [4.78, 5) is 12.6. The first-order chi connectivity index (χ1) is 7.54. The van der Waals surface area contributed by atoms with Crippen molar-refractivity contribution in [3.05, 3.63) is 17.8 Å². The second kappa shape index (κ2) is 5.44. The first-order valence-corrected chi connectivity index (χ1v) is 5.32. The fourth-order valence-corrected chi connectivity index (χ4v) is 1.33. The smallest absolute Gasteiger partial charge is 0.356 e. The first kappa shape index (κ1) is 12.4. The van der Waals surface area contributed by atoms with Gasteiger partial charge in [-0.1, -0.05) is 20.3 Å². The molecule has 1 aromatic heterocycles. The Morgan fingerprint density at radius 1 is 1.50 bits per heavy atom. The second-order valence-electron chi connectivity index (χ2n) is 3.98. The normalized spacial score (nSPS) is 12.2. The highest BCUT2D eigenvalue weighted by molar-refractivity contribution is 5.85. The van der Waals surface area contributed by atoms with E-state index in [2.05, 4.69) is 24.0 Å². The second-order valence-corrected chi connectivity index (χ2v) is 3.98. The zero-order valence-electron chi connectivity index (χ0n) is 9.84. The molecule has 0 aliphatic carbocycles. The third kappa shape index (κ3) is 3.18. The molecule has 5 nitrogen and oxygen atoms in total. The number of aromatic nitrogens is 2. The lowest BCUT2D eigenvalue weighted by Gasteiger charge is -2.20. The maximum atomic E-state index is 10.6. The van der Waals surface area contributed by atoms with Gasteiger partial charge >= 0.3 is 5.97 Å². The van der Waals surface area contributed by atoms with E-state index in [4.69, 9.17) is 5.11 Å². The Balaban J connectivity index is 2.70. The summed E-state index contributed by atoms with van der Waals surface area (Å²) in [5.74, 6) is 0.222. The predicted octanol–water partition coefficient (Wildman–Crippen LogP) is 1.66. The van der Waals surface area contributed by atoms with Crippen LogP contribution in [0.3, 0.4) is 0 Å². The standard InChI is InChI=1S/C11H17N3O2/c1-4-8(2)7-14(3)10-6-5-9(11(15)16)12-13-10/h5-6,8H,4,7H2,1-3H3,(H,15,16). The fourth-order valence-electron chi connectivity index (χ4n) is 1.33. The summed E-state index contributed by atoms with van der Waals surface area (Å²) < 4.78 is 0. The number of carboxylic acid groups (broad SMARTS) is 1. The zero-order chi connectivity index (χ0) is 12.1. The summed E-state index contributed by atoms with van der Waals surface area (Å²) in [7, 11) is 1.93. The Morgan fingerprint density at radius 3 is 2.62 bits per heavy atom. The summed E-state index contributed by atoms with van der Waals surface area (Å²) in [6.07, 6.45) is 1.10. The van der Waals surface area contributed by atoms with E-state index in [0.717, 1.165) is 13.0 Å². The van der Waals surface area contributed by atoms with Crippen molar-refractivity contribution in [2.24, 2.45) is 5.92 Å². The average Bonchev–Trinajstić information content (AvgIpc) is 2.28. The minimum atomic E-state index is -1.05. The van der Waals surface area contributed by atoms with Crippen molar-refractivity contribution in [2.75, 3.05) is 18.5 Å². The lowest BCUT2D eigenvalue weighted by Crippen LogP contribution is -2.25. The average molecular weight is 223 g/mol. The summed E-state index contributed by atoms with van der Waals surface area (Å²) in [5, 5.41) is 16.2. The van der Waals surface area contributed by atoms with Gasteiger partial charge in [0.15, 0.2) is 11.5 Å². The number of carbonyl (C=O) groups is 1. The van der Waals surface area contributed by atoms with Gasteiger partial charge in [-0.2, -0.15) is 0 Å². The van der Waals surface area contributed by atoms with E-state index < -0.39 is 5.97 Å². The Kier molecular flexibility index (Phi) is 4.22. The van der Waals surface area contributed by atoms with Crippen LogP contribution in [-0.2, 0) is 0 Å². The van der Waals surface area contributed by atoms with Crippen molar-refractivity contribution in [1.82, 2.24) is 10.2 Å². The van der Waals surface area contributed by atoms with Crippen LogP contribution in [0, 0.1) is 5.92 Å². The lowest BCUT2D eigenvalue weighted by atomic mass is 10.1. The molecule has 0 bridgehead atoms. The molecule has 1 unspecified atom stereocenters. The molecule has 0 aliphatic heterocycles. The summed E-state index contributed by atoms with van der Waals surface area (Å²) >= 11 is 0. The molecule has 0 fully saturated rings. The van der Waals surface area contributed by atoms with Crippen LogP contribution in [0.5, 0.6) is 0 Å². The van der Waals surface area contributed by atoms with E-state index in [1.54, 1.807) is 6.07 Å². The molecule has 1 atom stereocenters. The molecule has 1 N–H and O–H groups in total. The van der Waals surface area contributed by atoms with E-state index in [1.165, 1.54) is 6.07 Å². The van der Waals surface area contributed by atoms with Crippen LogP contribution in [0.1, 0.15) is 30.8 Å². The molecule has 1 rings (SSSR count). The summed E-state index contributed by atoms with van der Waals surface area (Å²) in [6, 6.07) is 3.15. The third-order valence-electron chi connectivity index (χ3n) is 2.54. The van der Waals surface area contributed by atoms with Crippen molar-refractivity contribution in [1.29, 1.82) is 0 Å². The van der Waals surface area contributed by atoms with Crippen molar-refractivity contribution in [2.45, 2.75) is 20.3 Å². The molecule has 0 amide bonds. The molecule has 88 valence electrons. The highest BCUT2D eigenvalue weighted by Crippen LogP contribution is 2.11. The fraction of sp³-hybridized carbons (Fsp3) is 0.545. The van der Waals surface area contributed by atoms with E-state index in [1.807, 2.05) is 11.9 Å². The van der Waals surface area contributed by atoms with Crippen LogP contribution < -0.4 is 4.90 Å². The molecule has 1 heterocycles. The number of hydrogen-bond acceptors (Lipinski definition) is 4. The Hall–Kier alpha value is -1.65. The number of rotatable bonds is 5. The molecule has 0 saturated carbocycles. The highest BCUT2D eigenvalue weighted by atomic mass is 16.4. The van der Waals surface area contributed by atoms with Crippen LogP contribution in [0.25, 0.3) is 0 Å². The third-order valence-corrected chi connectivity index (χ3v) is 2.54. The van der Waals surface area contributed by atoms with Gasteiger partial charge in [0, 0.05) is 13.6 Å². The van der Waals surface area contributed by atoms with E-state index in [9.17, 15) is 4.79 Å². The van der Waals surface area contributed by atoms with Gasteiger partial charge in [-0.05, 0) is 18.1 Å². The number of nitrogens with zero attached hydrogens (tertiary/aromatic N) is 3. The van der Waals surface area contributed by atoms with E-state index in [0.29, 0.717) is 11.7 Å². The zero-order valence-corrected chi connectivity index (χ0v) is 9.84. The molecule has 16 heavy (non-hydrogen) atoms. The molecule has 0 aromatic carbocycles. The molecule has 0 saturated heterocycles. The van der Waals surface area contributed by atoms with Crippen molar-refractivity contribution in [3.8, 4) is 0 Å². The summed E-state index contributed by atoms with van der Waals surface area (Å²) in [6.45, 7) is 5.19. The van der Waals surface area contributed by atoms with Crippen LogP contribution >= 0.6 is 0 Å². The van der Waals surface area contributed by atoms with Gasteiger partial charge in [0.1, 0.15) is 0 Å². The quantitative estimate of drug-likeness (QED) is 0.822. The van der Waals surface area contributed by atoms with Crippen LogP contribution in [-0.4, -0.2) is 34.9 Å². The Labute approximate surface area is 95.1 Å². The molecular formula is C11H17N3O2. The Morgan fingerprint density at radius 2 is 2.19 bits per heavy atom. The van der Waals surface area contributed by atoms with Gasteiger partial charge in [-0.3, -0.25) is 0 Å². The van der Waals surface area contributed by atoms with Crippen LogP contribution in [0.4, 0.5) is 5.82 Å². The van der Waals surface area contributed by atoms with Crippen LogP contribution in [0.2, 0.25) is 0 Å². The van der Waals surface area contributed by atoms with Gasteiger partial charge in [-0.15, -0.1) is 10.2 Å². The summed E-state index contributed by atoms with van der Waals surface area (Å²) in [5.41, 5.74) is -0.0271. The van der Waals surface area contributed by atoms with Crippen molar-refractivity contribution in [3.63, 3.8) is 0 Å². The van der Waals surface area contributed by atoms with Crippen molar-refractivity contribution < 1.29 is 9.90 Å². The molecule has 0 aliphatic rings. The van der Waals surface area contributed by atoms with Gasteiger partial charge in [0.25, 0.3) is 0 Å². The van der Waals surface area contributed by atoms with Crippen molar-refractivity contribution >= 4 is 11.8 Å². The number of carboxylic acids is 1. The Bertz CT molecular complexity index is 351. The maximum Gasteiger partial charge on any atom is 0.356 e. The van der Waals surface area contributed by atoms with E-state index >= 15 is 0 Å². The predicted molar refractivity (Wildman–Crippen MR) is 61.7 cm³/mol. The molecule has 5 heteroatoms. The monoisotopic (exact) mass is 223 g/mol. The molecular weight excluding hydrogens is 206 g/mol. The molecule has 1 aromatic rings. The highest BCUT2D eigenvalue weighted by Gasteiger charge is 2.09. The van der Waals surface area contributed by atoms with Gasteiger partial charge in [0.2, 0.25) is 0 Å². The number of aromatic carboxylic acids is 1. The molecule has 0 radical (unpaired) electrons. The van der Waals surface area contributed by atoms with Gasteiger partial charge in [-0.25, -0.2) is 4.79 Å². The number of anilines is 1. The van der Waals surface area contributed by atoms with Gasteiger partial charge < -0.3 is 10.0 Å². The maximum absolute atomic E-state index is 10.6. The molecule has 0 spiro atoms. The van der Waals surface area contributed by atoms with E-state index in [-0.39, 0.29) is 5.69 Å². The largest absolute Gasteiger partial charge is 0.476 e. The number of hydrogen-bond donors (Lipinski definition) is 1.